The van der Waals surface area contributed by atoms with E-state index in [1.54, 1.807) is 6.26 Å². The van der Waals surface area contributed by atoms with E-state index >= 15 is 0 Å². The molecule has 4 rings (SSSR count). The summed E-state index contributed by atoms with van der Waals surface area (Å²) < 4.78 is 5.70. The van der Waals surface area contributed by atoms with E-state index < -0.39 is 0 Å². The molecule has 2 aromatic carbocycles. The van der Waals surface area contributed by atoms with Gasteiger partial charge in [-0.15, -0.1) is 0 Å². The van der Waals surface area contributed by atoms with Crippen molar-refractivity contribution in [3.8, 4) is 0 Å². The topological polar surface area (TPSA) is 33.5 Å². The van der Waals surface area contributed by atoms with Crippen LogP contribution in [-0.4, -0.2) is 23.4 Å². The fraction of sp³-hybridized carbons (Fsp3) is 0.350. The molecule has 0 spiro atoms. The van der Waals surface area contributed by atoms with Gasteiger partial charge in [-0.3, -0.25) is 4.79 Å². The molecular weight excluding hydrogens is 286 g/mol. The summed E-state index contributed by atoms with van der Waals surface area (Å²) >= 11 is 0. The van der Waals surface area contributed by atoms with Gasteiger partial charge < -0.3 is 9.32 Å². The number of rotatable bonds is 2. The fourth-order valence-corrected chi connectivity index (χ4v) is 3.74. The van der Waals surface area contributed by atoms with Crippen molar-refractivity contribution < 1.29 is 9.21 Å². The molecule has 23 heavy (non-hydrogen) atoms. The summed E-state index contributed by atoms with van der Waals surface area (Å²) in [6, 6.07) is 12.7. The number of furan rings is 1. The number of hydrogen-bond acceptors (Lipinski definition) is 2. The molecule has 1 amide bonds. The molecule has 1 aromatic heterocycles. The highest BCUT2D eigenvalue weighted by molar-refractivity contribution is 6.08. The van der Waals surface area contributed by atoms with E-state index in [1.165, 1.54) is 11.8 Å². The van der Waals surface area contributed by atoms with Gasteiger partial charge in [0, 0.05) is 23.5 Å². The summed E-state index contributed by atoms with van der Waals surface area (Å²) in [4.78, 5) is 14.8. The first kappa shape index (κ1) is 14.3. The average Bonchev–Trinajstić information content (AvgIpc) is 2.98. The Labute approximate surface area is 135 Å². The number of likely N-dealkylation sites (tertiary alicyclic amines) is 1. The highest BCUT2D eigenvalue weighted by Crippen LogP contribution is 2.30. The lowest BCUT2D eigenvalue weighted by atomic mass is 10.00. The molecule has 0 bridgehead atoms. The number of hydrogen-bond donors (Lipinski definition) is 0. The zero-order valence-electron chi connectivity index (χ0n) is 13.4. The minimum Gasteiger partial charge on any atom is -0.464 e. The Morgan fingerprint density at radius 1 is 1.22 bits per heavy atom. The van der Waals surface area contributed by atoms with E-state index in [2.05, 4.69) is 25.1 Å². The van der Waals surface area contributed by atoms with Crippen LogP contribution in [-0.2, 0) is 11.2 Å². The van der Waals surface area contributed by atoms with Gasteiger partial charge in [0.1, 0.15) is 5.58 Å². The number of amides is 1. The zero-order valence-corrected chi connectivity index (χ0v) is 13.4. The second-order valence-electron chi connectivity index (χ2n) is 6.53. The van der Waals surface area contributed by atoms with Gasteiger partial charge in [-0.25, -0.2) is 0 Å². The van der Waals surface area contributed by atoms with E-state index in [0.29, 0.717) is 12.5 Å². The summed E-state index contributed by atoms with van der Waals surface area (Å²) in [5.74, 6) is 0.216. The Kier molecular flexibility index (Phi) is 3.56. The first-order valence-corrected chi connectivity index (χ1v) is 8.41. The minimum absolute atomic E-state index is 0.216. The maximum Gasteiger partial charge on any atom is 0.227 e. The van der Waals surface area contributed by atoms with Crippen LogP contribution < -0.4 is 0 Å². The lowest BCUT2D eigenvalue weighted by Crippen LogP contribution is -2.42. The number of carbonyl (C=O) groups excluding carboxylic acids is 1. The molecule has 1 saturated heterocycles. The van der Waals surface area contributed by atoms with Crippen LogP contribution >= 0.6 is 0 Å². The van der Waals surface area contributed by atoms with Gasteiger partial charge in [0.05, 0.1) is 12.7 Å². The van der Waals surface area contributed by atoms with Gasteiger partial charge in [0.2, 0.25) is 5.91 Å². The summed E-state index contributed by atoms with van der Waals surface area (Å²) in [6.45, 7) is 3.04. The Morgan fingerprint density at radius 2 is 2.09 bits per heavy atom. The van der Waals surface area contributed by atoms with Crippen molar-refractivity contribution in [1.29, 1.82) is 0 Å². The molecule has 3 aromatic rings. The van der Waals surface area contributed by atoms with Crippen molar-refractivity contribution in [3.63, 3.8) is 0 Å². The van der Waals surface area contributed by atoms with Crippen LogP contribution in [0.2, 0.25) is 0 Å². The van der Waals surface area contributed by atoms with Gasteiger partial charge in [-0.05, 0) is 43.0 Å². The number of fused-ring (bicyclic) bond motifs is 3. The average molecular weight is 307 g/mol. The predicted molar refractivity (Wildman–Crippen MR) is 92.5 cm³/mol. The molecule has 3 heteroatoms. The lowest BCUT2D eigenvalue weighted by Gasteiger charge is -2.33. The maximum atomic E-state index is 12.7. The fourth-order valence-electron chi connectivity index (χ4n) is 3.74. The standard InChI is InChI=1S/C20H21NO2/c1-14-6-4-5-11-21(14)19(22)12-16-13-23-18-10-9-15-7-2-3-8-17(15)20(16)18/h2-3,7-10,13-14H,4-6,11-12H2,1H3. The smallest absolute Gasteiger partial charge is 0.227 e. The summed E-state index contributed by atoms with van der Waals surface area (Å²) in [6.07, 6.45) is 5.63. The van der Waals surface area contributed by atoms with Crippen molar-refractivity contribution in [2.45, 2.75) is 38.6 Å². The van der Waals surface area contributed by atoms with Gasteiger partial charge >= 0.3 is 0 Å². The van der Waals surface area contributed by atoms with E-state index in [9.17, 15) is 4.79 Å². The van der Waals surface area contributed by atoms with Crippen LogP contribution in [0.3, 0.4) is 0 Å². The van der Waals surface area contributed by atoms with E-state index in [4.69, 9.17) is 4.42 Å². The number of carbonyl (C=O) groups is 1. The number of benzene rings is 2. The van der Waals surface area contributed by atoms with Crippen LogP contribution in [0.5, 0.6) is 0 Å². The molecule has 0 radical (unpaired) electrons. The molecule has 0 aliphatic carbocycles. The number of nitrogens with zero attached hydrogens (tertiary/aromatic N) is 1. The summed E-state index contributed by atoms with van der Waals surface area (Å²) in [7, 11) is 0. The van der Waals surface area contributed by atoms with E-state index in [0.717, 1.165) is 41.3 Å². The Bertz CT molecular complexity index is 864. The molecule has 1 fully saturated rings. The second kappa shape index (κ2) is 5.73. The molecule has 0 saturated carbocycles. The lowest BCUT2D eigenvalue weighted by molar-refractivity contribution is -0.133. The number of piperidine rings is 1. The van der Waals surface area contributed by atoms with E-state index in [1.807, 2.05) is 23.1 Å². The Balaban J connectivity index is 1.71. The van der Waals surface area contributed by atoms with Crippen LogP contribution in [0.15, 0.2) is 47.1 Å². The van der Waals surface area contributed by atoms with Gasteiger partial charge in [-0.2, -0.15) is 0 Å². The Hall–Kier alpha value is -2.29. The monoisotopic (exact) mass is 307 g/mol. The summed E-state index contributed by atoms with van der Waals surface area (Å²) in [5, 5.41) is 3.43. The molecule has 1 unspecified atom stereocenters. The van der Waals surface area contributed by atoms with Crippen LogP contribution in [0.25, 0.3) is 21.7 Å². The van der Waals surface area contributed by atoms with Gasteiger partial charge in [0.15, 0.2) is 0 Å². The first-order chi connectivity index (χ1) is 11.2. The third kappa shape index (κ3) is 2.50. The molecule has 2 heterocycles. The van der Waals surface area contributed by atoms with Crippen molar-refractivity contribution >= 4 is 27.6 Å². The van der Waals surface area contributed by atoms with Crippen LogP contribution in [0, 0.1) is 0 Å². The van der Waals surface area contributed by atoms with Gasteiger partial charge in [-0.1, -0.05) is 30.3 Å². The van der Waals surface area contributed by atoms with Crippen LogP contribution in [0.4, 0.5) is 0 Å². The van der Waals surface area contributed by atoms with Crippen molar-refractivity contribution in [3.05, 3.63) is 48.2 Å². The highest BCUT2D eigenvalue weighted by atomic mass is 16.3. The quantitative estimate of drug-likeness (QED) is 0.697. The molecule has 3 nitrogen and oxygen atoms in total. The van der Waals surface area contributed by atoms with Gasteiger partial charge in [0.25, 0.3) is 0 Å². The molecule has 0 N–H and O–H groups in total. The first-order valence-electron chi connectivity index (χ1n) is 8.41. The highest BCUT2D eigenvalue weighted by Gasteiger charge is 2.24. The van der Waals surface area contributed by atoms with Crippen molar-refractivity contribution in [1.82, 2.24) is 4.90 Å². The summed E-state index contributed by atoms with van der Waals surface area (Å²) in [5.41, 5.74) is 1.86. The molecule has 1 atom stereocenters. The van der Waals surface area contributed by atoms with Crippen LogP contribution in [0.1, 0.15) is 31.7 Å². The molecule has 1 aliphatic heterocycles. The van der Waals surface area contributed by atoms with Crippen molar-refractivity contribution in [2.24, 2.45) is 0 Å². The zero-order chi connectivity index (χ0) is 15.8. The maximum absolute atomic E-state index is 12.7. The molecule has 118 valence electrons. The third-order valence-electron chi connectivity index (χ3n) is 5.01. The third-order valence-corrected chi connectivity index (χ3v) is 5.01. The predicted octanol–water partition coefficient (Wildman–Crippen LogP) is 4.53. The Morgan fingerprint density at radius 3 is 2.96 bits per heavy atom. The molecular formula is C20H21NO2. The largest absolute Gasteiger partial charge is 0.464 e. The minimum atomic E-state index is 0.216. The van der Waals surface area contributed by atoms with E-state index in [-0.39, 0.29) is 5.91 Å². The van der Waals surface area contributed by atoms with Crippen molar-refractivity contribution in [2.75, 3.05) is 6.54 Å². The SMILES string of the molecule is CC1CCCCN1C(=O)Cc1coc2ccc3ccccc3c12. The normalized spacial score (nSPS) is 18.7. The molecule has 1 aliphatic rings. The second-order valence-corrected chi connectivity index (χ2v) is 6.53.